The van der Waals surface area contributed by atoms with Gasteiger partial charge in [0.15, 0.2) is 5.13 Å². The summed E-state index contributed by atoms with van der Waals surface area (Å²) in [6, 6.07) is 7.92. The van der Waals surface area contributed by atoms with Gasteiger partial charge in [-0.1, -0.05) is 12.1 Å². The van der Waals surface area contributed by atoms with Gasteiger partial charge in [-0.25, -0.2) is 9.78 Å². The lowest BCUT2D eigenvalue weighted by Crippen LogP contribution is -2.31. The molecule has 3 heterocycles. The van der Waals surface area contributed by atoms with Crippen LogP contribution in [-0.2, 0) is 12.7 Å². The Bertz CT molecular complexity index is 1100. The summed E-state index contributed by atoms with van der Waals surface area (Å²) in [6.45, 7) is 0.722. The molecule has 0 saturated carbocycles. The molecule has 7 nitrogen and oxygen atoms in total. The average molecular weight is 447 g/mol. The van der Waals surface area contributed by atoms with E-state index in [4.69, 9.17) is 0 Å². The lowest BCUT2D eigenvalue weighted by molar-refractivity contribution is -0.137. The fraction of sp³-hybridized carbons (Fsp3) is 0.200. The standard InChI is InChI=1S/C20H16F3N5O2S/c21-20(22,23)14-4-1-3-13(9-14)11-27-7-8-28(19(27)30)18-26-16(12-31-18)17(29)25-15-5-2-6-24-10-15/h1-6,9-10,12H,7-8,11H2,(H,25,29). The van der Waals surface area contributed by atoms with Crippen LogP contribution in [0.25, 0.3) is 0 Å². The number of benzene rings is 1. The van der Waals surface area contributed by atoms with Gasteiger partial charge >= 0.3 is 12.2 Å². The third-order valence-corrected chi connectivity index (χ3v) is 5.46. The molecule has 0 aliphatic carbocycles. The Kier molecular flexibility index (Phi) is 5.59. The zero-order valence-corrected chi connectivity index (χ0v) is 16.8. The molecule has 0 atom stereocenters. The van der Waals surface area contributed by atoms with Gasteiger partial charge in [0.05, 0.1) is 17.4 Å². The highest BCUT2D eigenvalue weighted by molar-refractivity contribution is 7.14. The maximum atomic E-state index is 12.9. The van der Waals surface area contributed by atoms with Crippen LogP contribution in [0, 0.1) is 0 Å². The third kappa shape index (κ3) is 4.66. The Hall–Kier alpha value is -3.47. The second-order valence-corrected chi connectivity index (χ2v) is 7.60. The SMILES string of the molecule is O=C(Nc1cccnc1)c1csc(N2CCN(Cc3cccc(C(F)(F)F)c3)C2=O)n1. The van der Waals surface area contributed by atoms with Crippen molar-refractivity contribution in [1.29, 1.82) is 0 Å². The second kappa shape index (κ2) is 8.34. The van der Waals surface area contributed by atoms with Crippen LogP contribution in [0.3, 0.4) is 0 Å². The lowest BCUT2D eigenvalue weighted by Gasteiger charge is -2.17. The summed E-state index contributed by atoms with van der Waals surface area (Å²) in [6.07, 6.45) is -1.35. The summed E-state index contributed by atoms with van der Waals surface area (Å²) < 4.78 is 38.7. The Morgan fingerprint density at radius 1 is 1.19 bits per heavy atom. The largest absolute Gasteiger partial charge is 0.416 e. The molecule has 1 saturated heterocycles. The van der Waals surface area contributed by atoms with E-state index in [-0.39, 0.29) is 18.3 Å². The van der Waals surface area contributed by atoms with Crippen molar-refractivity contribution >= 4 is 34.1 Å². The molecule has 1 aliphatic rings. The van der Waals surface area contributed by atoms with Crippen LogP contribution in [0.2, 0.25) is 0 Å². The molecule has 11 heteroatoms. The minimum atomic E-state index is -4.44. The minimum Gasteiger partial charge on any atom is -0.319 e. The molecule has 3 aromatic rings. The Morgan fingerprint density at radius 3 is 2.77 bits per heavy atom. The average Bonchev–Trinajstić information content (AvgIpc) is 3.36. The molecule has 1 aromatic carbocycles. The molecule has 1 fully saturated rings. The van der Waals surface area contributed by atoms with Crippen molar-refractivity contribution in [2.24, 2.45) is 0 Å². The number of alkyl halides is 3. The quantitative estimate of drug-likeness (QED) is 0.634. The summed E-state index contributed by atoms with van der Waals surface area (Å²) in [5.74, 6) is -0.428. The highest BCUT2D eigenvalue weighted by Crippen LogP contribution is 2.30. The number of pyridine rings is 1. The highest BCUT2D eigenvalue weighted by Gasteiger charge is 2.33. The number of nitrogens with one attached hydrogen (secondary N) is 1. The van der Waals surface area contributed by atoms with Crippen molar-refractivity contribution in [1.82, 2.24) is 14.9 Å². The number of carbonyl (C=O) groups is 2. The van der Waals surface area contributed by atoms with E-state index in [1.165, 1.54) is 22.1 Å². The number of thiazole rings is 1. The lowest BCUT2D eigenvalue weighted by atomic mass is 10.1. The van der Waals surface area contributed by atoms with E-state index in [0.717, 1.165) is 23.5 Å². The zero-order chi connectivity index (χ0) is 22.0. The normalized spacial score (nSPS) is 14.2. The zero-order valence-electron chi connectivity index (χ0n) is 16.0. The number of rotatable bonds is 5. The number of hydrogen-bond donors (Lipinski definition) is 1. The first-order valence-electron chi connectivity index (χ1n) is 9.21. The van der Waals surface area contributed by atoms with E-state index in [0.29, 0.717) is 29.5 Å². The van der Waals surface area contributed by atoms with Crippen LogP contribution < -0.4 is 10.2 Å². The van der Waals surface area contributed by atoms with E-state index < -0.39 is 17.6 Å². The van der Waals surface area contributed by atoms with E-state index in [1.54, 1.807) is 29.8 Å². The first-order chi connectivity index (χ1) is 14.8. The molecule has 1 N–H and O–H groups in total. The number of hydrogen-bond acceptors (Lipinski definition) is 5. The molecule has 4 rings (SSSR count). The van der Waals surface area contributed by atoms with Crippen molar-refractivity contribution in [3.63, 3.8) is 0 Å². The first kappa shape index (κ1) is 20.8. The van der Waals surface area contributed by atoms with Crippen LogP contribution >= 0.6 is 11.3 Å². The molecule has 160 valence electrons. The monoisotopic (exact) mass is 447 g/mol. The van der Waals surface area contributed by atoms with Gasteiger partial charge in [0.1, 0.15) is 5.69 Å². The van der Waals surface area contributed by atoms with Gasteiger partial charge in [-0.2, -0.15) is 13.2 Å². The molecule has 0 spiro atoms. The van der Waals surface area contributed by atoms with Crippen LogP contribution in [-0.4, -0.2) is 39.9 Å². The van der Waals surface area contributed by atoms with Crippen molar-refractivity contribution < 1.29 is 22.8 Å². The number of halogens is 3. The number of anilines is 2. The molecule has 0 radical (unpaired) electrons. The third-order valence-electron chi connectivity index (χ3n) is 4.60. The maximum Gasteiger partial charge on any atom is 0.416 e. The molecule has 3 amide bonds. The van der Waals surface area contributed by atoms with Crippen LogP contribution in [0.4, 0.5) is 28.8 Å². The van der Waals surface area contributed by atoms with E-state index >= 15 is 0 Å². The number of nitrogens with zero attached hydrogens (tertiary/aromatic N) is 4. The van der Waals surface area contributed by atoms with E-state index in [9.17, 15) is 22.8 Å². The molecule has 31 heavy (non-hydrogen) atoms. The number of amides is 3. The van der Waals surface area contributed by atoms with Gasteiger partial charge in [-0.3, -0.25) is 14.7 Å². The van der Waals surface area contributed by atoms with Gasteiger partial charge in [0, 0.05) is 31.2 Å². The number of aromatic nitrogens is 2. The molecule has 2 aromatic heterocycles. The second-order valence-electron chi connectivity index (χ2n) is 6.77. The summed E-state index contributed by atoms with van der Waals surface area (Å²) in [7, 11) is 0. The molecule has 0 unspecified atom stereocenters. The Morgan fingerprint density at radius 2 is 2.03 bits per heavy atom. The Labute approximate surface area is 179 Å². The van der Waals surface area contributed by atoms with Gasteiger partial charge in [0.2, 0.25) is 0 Å². The van der Waals surface area contributed by atoms with Crippen LogP contribution in [0.5, 0.6) is 0 Å². The van der Waals surface area contributed by atoms with Crippen LogP contribution in [0.15, 0.2) is 54.2 Å². The highest BCUT2D eigenvalue weighted by atomic mass is 32.1. The molecule has 0 bridgehead atoms. The predicted molar refractivity (Wildman–Crippen MR) is 109 cm³/mol. The van der Waals surface area contributed by atoms with E-state index in [2.05, 4.69) is 15.3 Å². The Balaban J connectivity index is 1.42. The fourth-order valence-corrected chi connectivity index (χ4v) is 3.92. The summed E-state index contributed by atoms with van der Waals surface area (Å²) in [4.78, 5) is 36.1. The molecule has 1 aliphatic heterocycles. The van der Waals surface area contributed by atoms with Crippen molar-refractivity contribution in [2.45, 2.75) is 12.7 Å². The van der Waals surface area contributed by atoms with Gasteiger partial charge in [-0.15, -0.1) is 11.3 Å². The van der Waals surface area contributed by atoms with Crippen molar-refractivity contribution in [2.75, 3.05) is 23.3 Å². The van der Waals surface area contributed by atoms with Crippen LogP contribution in [0.1, 0.15) is 21.6 Å². The fourth-order valence-electron chi connectivity index (χ4n) is 3.10. The van der Waals surface area contributed by atoms with Gasteiger partial charge < -0.3 is 10.2 Å². The van der Waals surface area contributed by atoms with E-state index in [1.807, 2.05) is 0 Å². The minimum absolute atomic E-state index is 0.0545. The topological polar surface area (TPSA) is 78.4 Å². The van der Waals surface area contributed by atoms with Crippen molar-refractivity contribution in [3.8, 4) is 0 Å². The molecular formula is C20H16F3N5O2S. The smallest absolute Gasteiger partial charge is 0.319 e. The van der Waals surface area contributed by atoms with Gasteiger partial charge in [0.25, 0.3) is 5.91 Å². The summed E-state index contributed by atoms with van der Waals surface area (Å²) in [5, 5.41) is 4.57. The maximum absolute atomic E-state index is 12.9. The number of urea groups is 1. The van der Waals surface area contributed by atoms with Crippen molar-refractivity contribution in [3.05, 3.63) is 71.0 Å². The first-order valence-corrected chi connectivity index (χ1v) is 10.1. The molecular weight excluding hydrogens is 431 g/mol. The summed E-state index contributed by atoms with van der Waals surface area (Å²) in [5.41, 5.74) is 0.318. The summed E-state index contributed by atoms with van der Waals surface area (Å²) >= 11 is 1.15. The number of carbonyl (C=O) groups excluding carboxylic acids is 2. The predicted octanol–water partition coefficient (Wildman–Crippen LogP) is 4.25. The van der Waals surface area contributed by atoms with Gasteiger partial charge in [-0.05, 0) is 29.8 Å².